The maximum absolute atomic E-state index is 8.14. The maximum Gasteiger partial charge on any atom is 0.130 e. The Labute approximate surface area is 70.1 Å². The molecule has 1 aromatic heterocycles. The predicted octanol–water partition coefficient (Wildman–Crippen LogP) is 2.37. The molecule has 0 bridgehead atoms. The van der Waals surface area contributed by atoms with Crippen LogP contribution in [0.2, 0.25) is 0 Å². The van der Waals surface area contributed by atoms with Crippen LogP contribution in [0.25, 0.3) is 10.4 Å². The van der Waals surface area contributed by atoms with Crippen molar-refractivity contribution in [2.75, 3.05) is 0 Å². The molecule has 12 heavy (non-hydrogen) atoms. The van der Waals surface area contributed by atoms with Gasteiger partial charge in [-0.3, -0.25) is 0 Å². The van der Waals surface area contributed by atoms with Crippen LogP contribution in [0.5, 0.6) is 0 Å². The number of nitrogens with zero attached hydrogens (tertiary/aromatic N) is 5. The van der Waals surface area contributed by atoms with Crippen molar-refractivity contribution in [2.45, 2.75) is 19.8 Å². The summed E-state index contributed by atoms with van der Waals surface area (Å²) in [6.45, 7) is 2.06. The molecule has 0 fully saturated rings. The minimum atomic E-state index is 0.385. The summed E-state index contributed by atoms with van der Waals surface area (Å²) in [5.41, 5.74) is 9.05. The molecule has 5 heteroatoms. The smallest absolute Gasteiger partial charge is 0.130 e. The Morgan fingerprint density at radius 3 is 3.08 bits per heavy atom. The monoisotopic (exact) mass is 163 g/mol. The van der Waals surface area contributed by atoms with E-state index in [0.717, 1.165) is 18.5 Å². The third kappa shape index (κ3) is 2.21. The standard InChI is InChI=1S/C7H9N5/c1-2-3-6-4-7(11-12-8)10-5-9-6/h4-5H,2-3H2,1H3. The second kappa shape index (κ2) is 4.31. The van der Waals surface area contributed by atoms with Gasteiger partial charge in [-0.2, -0.15) is 0 Å². The van der Waals surface area contributed by atoms with Gasteiger partial charge in [0, 0.05) is 10.6 Å². The third-order valence-corrected chi connectivity index (χ3v) is 1.36. The summed E-state index contributed by atoms with van der Waals surface area (Å²) in [4.78, 5) is 10.4. The zero-order valence-electron chi connectivity index (χ0n) is 6.80. The molecule has 0 radical (unpaired) electrons. The molecule has 0 saturated carbocycles. The summed E-state index contributed by atoms with van der Waals surface area (Å²) in [6.07, 6.45) is 3.32. The predicted molar refractivity (Wildman–Crippen MR) is 44.8 cm³/mol. The van der Waals surface area contributed by atoms with E-state index in [1.54, 1.807) is 6.07 Å². The normalized spacial score (nSPS) is 9.08. The van der Waals surface area contributed by atoms with E-state index < -0.39 is 0 Å². The van der Waals surface area contributed by atoms with Gasteiger partial charge in [0.15, 0.2) is 0 Å². The summed E-state index contributed by atoms with van der Waals surface area (Å²) in [6, 6.07) is 1.70. The van der Waals surface area contributed by atoms with Gasteiger partial charge in [0.2, 0.25) is 0 Å². The molecule has 0 aliphatic rings. The molecule has 1 heterocycles. The van der Waals surface area contributed by atoms with Crippen molar-refractivity contribution in [2.24, 2.45) is 5.11 Å². The van der Waals surface area contributed by atoms with Crippen LogP contribution in [0.4, 0.5) is 5.82 Å². The van der Waals surface area contributed by atoms with Crippen LogP contribution in [-0.2, 0) is 6.42 Å². The molecule has 0 spiro atoms. The highest BCUT2D eigenvalue weighted by Gasteiger charge is 1.94. The van der Waals surface area contributed by atoms with Crippen molar-refractivity contribution in [3.63, 3.8) is 0 Å². The fraction of sp³-hybridized carbons (Fsp3) is 0.429. The number of rotatable bonds is 3. The van der Waals surface area contributed by atoms with Gasteiger partial charge in [-0.15, -0.1) is 0 Å². The van der Waals surface area contributed by atoms with Gasteiger partial charge in [0.1, 0.15) is 12.1 Å². The molecule has 62 valence electrons. The lowest BCUT2D eigenvalue weighted by atomic mass is 10.2. The quantitative estimate of drug-likeness (QED) is 0.389. The van der Waals surface area contributed by atoms with Crippen LogP contribution >= 0.6 is 0 Å². The van der Waals surface area contributed by atoms with Gasteiger partial charge in [-0.05, 0) is 23.1 Å². The third-order valence-electron chi connectivity index (χ3n) is 1.36. The topological polar surface area (TPSA) is 74.5 Å². The Morgan fingerprint density at radius 2 is 2.42 bits per heavy atom. The molecule has 0 unspecified atom stereocenters. The number of aryl methyl sites for hydroxylation is 1. The molecule has 5 nitrogen and oxygen atoms in total. The molecule has 1 aromatic rings. The molecule has 1 rings (SSSR count). The number of hydrogen-bond donors (Lipinski definition) is 0. The average Bonchev–Trinajstić information content (AvgIpc) is 2.06. The van der Waals surface area contributed by atoms with Crippen LogP contribution < -0.4 is 0 Å². The van der Waals surface area contributed by atoms with Gasteiger partial charge in [-0.1, -0.05) is 13.3 Å². The minimum Gasteiger partial charge on any atom is -0.241 e. The molecule has 0 amide bonds. The Morgan fingerprint density at radius 1 is 1.58 bits per heavy atom. The summed E-state index contributed by atoms with van der Waals surface area (Å²) in [5.74, 6) is 0.385. The van der Waals surface area contributed by atoms with Crippen LogP contribution in [0, 0.1) is 0 Å². The lowest BCUT2D eigenvalue weighted by molar-refractivity contribution is 0.872. The minimum absolute atomic E-state index is 0.385. The molecule has 0 saturated heterocycles. The zero-order valence-corrected chi connectivity index (χ0v) is 6.80. The van der Waals surface area contributed by atoms with Crippen molar-refractivity contribution in [3.8, 4) is 0 Å². The van der Waals surface area contributed by atoms with E-state index in [4.69, 9.17) is 5.53 Å². The number of aromatic nitrogens is 2. The number of hydrogen-bond acceptors (Lipinski definition) is 3. The summed E-state index contributed by atoms with van der Waals surface area (Å²) >= 11 is 0. The van der Waals surface area contributed by atoms with Crippen LogP contribution in [0.15, 0.2) is 17.5 Å². The lowest BCUT2D eigenvalue weighted by Gasteiger charge is -1.96. The van der Waals surface area contributed by atoms with E-state index in [0.29, 0.717) is 5.82 Å². The summed E-state index contributed by atoms with van der Waals surface area (Å²) in [5, 5.41) is 3.38. The molecule has 0 aliphatic carbocycles. The van der Waals surface area contributed by atoms with Crippen molar-refractivity contribution in [3.05, 3.63) is 28.5 Å². The SMILES string of the molecule is CCCc1cc(N=[N+]=[N-])ncn1. The highest BCUT2D eigenvalue weighted by atomic mass is 15.2. The summed E-state index contributed by atoms with van der Waals surface area (Å²) in [7, 11) is 0. The van der Waals surface area contributed by atoms with Gasteiger partial charge in [0.05, 0.1) is 0 Å². The fourth-order valence-corrected chi connectivity index (χ4v) is 0.879. The molecule has 0 atom stereocenters. The van der Waals surface area contributed by atoms with E-state index in [1.165, 1.54) is 6.33 Å². The largest absolute Gasteiger partial charge is 0.241 e. The van der Waals surface area contributed by atoms with Crippen molar-refractivity contribution in [1.82, 2.24) is 9.97 Å². The first kappa shape index (κ1) is 8.49. The van der Waals surface area contributed by atoms with E-state index in [-0.39, 0.29) is 0 Å². The van der Waals surface area contributed by atoms with E-state index >= 15 is 0 Å². The van der Waals surface area contributed by atoms with Gasteiger partial charge in [0.25, 0.3) is 0 Å². The maximum atomic E-state index is 8.14. The molecule has 0 aromatic carbocycles. The Kier molecular flexibility index (Phi) is 3.04. The van der Waals surface area contributed by atoms with Gasteiger partial charge < -0.3 is 0 Å². The van der Waals surface area contributed by atoms with Crippen LogP contribution in [0.3, 0.4) is 0 Å². The van der Waals surface area contributed by atoms with E-state index in [9.17, 15) is 0 Å². The Hall–Kier alpha value is -1.61. The fourth-order valence-electron chi connectivity index (χ4n) is 0.879. The van der Waals surface area contributed by atoms with E-state index in [1.807, 2.05) is 0 Å². The second-order valence-electron chi connectivity index (χ2n) is 2.31. The number of azide groups is 1. The zero-order chi connectivity index (χ0) is 8.81. The van der Waals surface area contributed by atoms with Crippen molar-refractivity contribution >= 4 is 5.82 Å². The first-order chi connectivity index (χ1) is 5.86. The summed E-state index contributed by atoms with van der Waals surface area (Å²) < 4.78 is 0. The lowest BCUT2D eigenvalue weighted by Crippen LogP contribution is -1.88. The molecular formula is C7H9N5. The van der Waals surface area contributed by atoms with Crippen molar-refractivity contribution < 1.29 is 0 Å². The first-order valence-electron chi connectivity index (χ1n) is 3.73. The highest BCUT2D eigenvalue weighted by Crippen LogP contribution is 2.08. The first-order valence-corrected chi connectivity index (χ1v) is 3.73. The molecule has 0 aliphatic heterocycles. The van der Waals surface area contributed by atoms with Crippen LogP contribution in [-0.4, -0.2) is 9.97 Å². The highest BCUT2D eigenvalue weighted by molar-refractivity contribution is 5.27. The van der Waals surface area contributed by atoms with Gasteiger partial charge in [-0.25, -0.2) is 9.97 Å². The van der Waals surface area contributed by atoms with E-state index in [2.05, 4.69) is 26.9 Å². The van der Waals surface area contributed by atoms with Gasteiger partial charge >= 0.3 is 0 Å². The van der Waals surface area contributed by atoms with Crippen LogP contribution in [0.1, 0.15) is 19.0 Å². The molecular weight excluding hydrogens is 154 g/mol. The Bertz CT molecular complexity index is 302. The Balaban J connectivity index is 2.87. The van der Waals surface area contributed by atoms with Crippen molar-refractivity contribution in [1.29, 1.82) is 0 Å². The molecule has 0 N–H and O–H groups in total. The second-order valence-corrected chi connectivity index (χ2v) is 2.31. The average molecular weight is 163 g/mol.